The van der Waals surface area contributed by atoms with Crippen LogP contribution in [0.15, 0.2) is 23.8 Å². The summed E-state index contributed by atoms with van der Waals surface area (Å²) in [5.74, 6) is -0.498. The number of piperidine rings is 1. The second kappa shape index (κ2) is 10.9. The van der Waals surface area contributed by atoms with Crippen molar-refractivity contribution in [2.45, 2.75) is 51.6 Å². The highest BCUT2D eigenvalue weighted by Gasteiger charge is 2.26. The number of ketones is 1. The van der Waals surface area contributed by atoms with Crippen molar-refractivity contribution in [3.63, 3.8) is 0 Å². The summed E-state index contributed by atoms with van der Waals surface area (Å²) < 4.78 is 0. The van der Waals surface area contributed by atoms with Crippen molar-refractivity contribution in [2.75, 3.05) is 24.5 Å². The third-order valence-corrected chi connectivity index (χ3v) is 9.31. The Kier molecular flexibility index (Phi) is 7.66. The number of aromatic nitrogens is 3. The molecule has 190 valence electrons. The molecule has 2 aliphatic rings. The molecule has 2 aliphatic heterocycles. The first-order chi connectivity index (χ1) is 17.4. The minimum absolute atomic E-state index is 0.121. The van der Waals surface area contributed by atoms with E-state index in [2.05, 4.69) is 21.8 Å². The third-order valence-electron chi connectivity index (χ3n) is 6.98. The van der Waals surface area contributed by atoms with Gasteiger partial charge in [-0.1, -0.05) is 11.6 Å². The van der Waals surface area contributed by atoms with Crippen molar-refractivity contribution < 1.29 is 14.7 Å². The molecule has 3 aromatic rings. The highest BCUT2D eigenvalue weighted by molar-refractivity contribution is 7.15. The maximum Gasteiger partial charge on any atom is 0.306 e. The number of carboxylic acids is 1. The molecule has 3 aromatic heterocycles. The Morgan fingerprint density at radius 1 is 1.17 bits per heavy atom. The van der Waals surface area contributed by atoms with Gasteiger partial charge in [0, 0.05) is 35.9 Å². The molecule has 0 aromatic carbocycles. The van der Waals surface area contributed by atoms with Gasteiger partial charge in [0.1, 0.15) is 16.5 Å². The Bertz CT molecular complexity index is 1240. The molecule has 5 heterocycles. The van der Waals surface area contributed by atoms with Crippen molar-refractivity contribution in [1.82, 2.24) is 19.9 Å². The van der Waals surface area contributed by atoms with Crippen LogP contribution in [0.5, 0.6) is 0 Å². The molecule has 0 bridgehead atoms. The standard InChI is InChI=1S/C25H28ClN5O3S2/c1-15-3-2-6-31(15)13-21-24(20-9-17(26)14-35-20)29-23(36-21)10-19(32)18-11-28-22(12-27-18)30-7-4-16(5-8-30)25(33)34/h9,11-12,14-16H,2-8,10,13H2,1H3,(H,33,34). The average Bonchev–Trinajstić information content (AvgIpc) is 3.60. The lowest BCUT2D eigenvalue weighted by Gasteiger charge is -2.30. The molecular weight excluding hydrogens is 518 g/mol. The van der Waals surface area contributed by atoms with E-state index in [0.717, 1.165) is 33.5 Å². The number of rotatable bonds is 8. The lowest BCUT2D eigenvalue weighted by molar-refractivity contribution is -0.142. The fraction of sp³-hybridized carbons (Fsp3) is 0.480. The molecule has 0 amide bonds. The number of Topliss-reactive ketones (excluding diaryl/α,β-unsaturated/α-hetero) is 1. The maximum absolute atomic E-state index is 13.0. The molecule has 2 fully saturated rings. The minimum Gasteiger partial charge on any atom is -0.481 e. The van der Waals surface area contributed by atoms with Crippen molar-refractivity contribution in [1.29, 1.82) is 0 Å². The van der Waals surface area contributed by atoms with Gasteiger partial charge >= 0.3 is 5.97 Å². The van der Waals surface area contributed by atoms with Crippen molar-refractivity contribution in [2.24, 2.45) is 5.92 Å². The van der Waals surface area contributed by atoms with E-state index in [-0.39, 0.29) is 18.1 Å². The van der Waals surface area contributed by atoms with Crippen molar-refractivity contribution in [3.8, 4) is 10.6 Å². The van der Waals surface area contributed by atoms with Gasteiger partial charge in [-0.2, -0.15) is 0 Å². The maximum atomic E-state index is 13.0. The van der Waals surface area contributed by atoms with Gasteiger partial charge in [-0.3, -0.25) is 14.5 Å². The number of carbonyl (C=O) groups is 2. The number of anilines is 1. The van der Waals surface area contributed by atoms with Gasteiger partial charge in [-0.25, -0.2) is 15.0 Å². The zero-order valence-corrected chi connectivity index (χ0v) is 22.4. The van der Waals surface area contributed by atoms with Crippen LogP contribution in [0, 0.1) is 5.92 Å². The molecule has 1 atom stereocenters. The van der Waals surface area contributed by atoms with E-state index < -0.39 is 5.97 Å². The molecule has 8 nitrogen and oxygen atoms in total. The molecule has 0 spiro atoms. The Labute approximate surface area is 223 Å². The van der Waals surface area contributed by atoms with Crippen LogP contribution in [0.2, 0.25) is 5.02 Å². The summed E-state index contributed by atoms with van der Waals surface area (Å²) in [6.07, 6.45) is 6.87. The Morgan fingerprint density at radius 3 is 2.58 bits per heavy atom. The molecule has 0 saturated carbocycles. The van der Waals surface area contributed by atoms with Gasteiger partial charge < -0.3 is 10.0 Å². The SMILES string of the molecule is CC1CCCN1Cc1sc(CC(=O)c2cnc(N3CCC(C(=O)O)CC3)cn2)nc1-c1cc(Cl)cs1. The second-order valence-corrected chi connectivity index (χ2v) is 11.9. The largest absolute Gasteiger partial charge is 0.481 e. The van der Waals surface area contributed by atoms with Crippen LogP contribution >= 0.6 is 34.3 Å². The van der Waals surface area contributed by atoms with Crippen LogP contribution in [0.3, 0.4) is 0 Å². The topological polar surface area (TPSA) is 99.5 Å². The number of aliphatic carboxylic acids is 1. The second-order valence-electron chi connectivity index (χ2n) is 9.43. The van der Waals surface area contributed by atoms with Crippen molar-refractivity contribution >= 4 is 51.8 Å². The van der Waals surface area contributed by atoms with Gasteiger partial charge in [0.05, 0.1) is 40.3 Å². The number of hydrogen-bond donors (Lipinski definition) is 1. The fourth-order valence-corrected chi connectivity index (χ4v) is 7.10. The minimum atomic E-state index is -0.743. The summed E-state index contributed by atoms with van der Waals surface area (Å²) in [5.41, 5.74) is 1.23. The molecule has 36 heavy (non-hydrogen) atoms. The summed E-state index contributed by atoms with van der Waals surface area (Å²) in [6.45, 7) is 5.40. The fourth-order valence-electron chi connectivity index (χ4n) is 4.84. The quantitative estimate of drug-likeness (QED) is 0.394. The summed E-state index contributed by atoms with van der Waals surface area (Å²) in [6, 6.07) is 2.48. The van der Waals surface area contributed by atoms with E-state index in [0.29, 0.717) is 48.5 Å². The molecule has 0 aliphatic carbocycles. The number of thiophene rings is 1. The van der Waals surface area contributed by atoms with Crippen LogP contribution in [0.4, 0.5) is 5.82 Å². The van der Waals surface area contributed by atoms with E-state index in [1.165, 1.54) is 19.0 Å². The Balaban J connectivity index is 1.28. The first-order valence-electron chi connectivity index (χ1n) is 12.2. The van der Waals surface area contributed by atoms with Crippen LogP contribution in [0.1, 0.15) is 53.0 Å². The lowest BCUT2D eigenvalue weighted by Crippen LogP contribution is -2.36. The highest BCUT2D eigenvalue weighted by atomic mass is 35.5. The molecule has 2 saturated heterocycles. The number of halogens is 1. The normalized spacial score (nSPS) is 19.2. The van der Waals surface area contributed by atoms with E-state index in [4.69, 9.17) is 16.6 Å². The van der Waals surface area contributed by atoms with Gasteiger partial charge in [0.25, 0.3) is 0 Å². The predicted octanol–water partition coefficient (Wildman–Crippen LogP) is 5.03. The number of thiazole rings is 1. The molecule has 1 unspecified atom stereocenters. The highest BCUT2D eigenvalue weighted by Crippen LogP contribution is 2.36. The summed E-state index contributed by atoms with van der Waals surface area (Å²) in [4.78, 5) is 44.6. The van der Waals surface area contributed by atoms with E-state index in [1.54, 1.807) is 28.9 Å². The van der Waals surface area contributed by atoms with Crippen molar-refractivity contribution in [3.05, 3.63) is 44.4 Å². The number of hydrogen-bond acceptors (Lipinski definition) is 9. The average molecular weight is 546 g/mol. The summed E-state index contributed by atoms with van der Waals surface area (Å²) >= 11 is 9.35. The molecular formula is C25H28ClN5O3S2. The van der Waals surface area contributed by atoms with Crippen LogP contribution in [0.25, 0.3) is 10.6 Å². The Hall–Kier alpha value is -2.40. The first-order valence-corrected chi connectivity index (χ1v) is 14.2. The summed E-state index contributed by atoms with van der Waals surface area (Å²) in [5, 5.41) is 12.6. The van der Waals surface area contributed by atoms with E-state index >= 15 is 0 Å². The van der Waals surface area contributed by atoms with Crippen LogP contribution in [-0.2, 0) is 17.8 Å². The molecule has 11 heteroatoms. The molecule has 0 radical (unpaired) electrons. The van der Waals surface area contributed by atoms with E-state index in [9.17, 15) is 14.7 Å². The van der Waals surface area contributed by atoms with E-state index in [1.807, 2.05) is 16.3 Å². The number of likely N-dealkylation sites (tertiary alicyclic amines) is 1. The predicted molar refractivity (Wildman–Crippen MR) is 142 cm³/mol. The zero-order valence-electron chi connectivity index (χ0n) is 20.0. The zero-order chi connectivity index (χ0) is 25.2. The van der Waals surface area contributed by atoms with Crippen LogP contribution < -0.4 is 4.90 Å². The molecule has 5 rings (SSSR count). The van der Waals surface area contributed by atoms with Gasteiger partial charge in [0.15, 0.2) is 5.78 Å². The summed E-state index contributed by atoms with van der Waals surface area (Å²) in [7, 11) is 0. The first kappa shape index (κ1) is 25.3. The number of carboxylic acid groups (broad SMARTS) is 1. The third kappa shape index (κ3) is 5.61. The Morgan fingerprint density at radius 2 is 1.97 bits per heavy atom. The van der Waals surface area contributed by atoms with Gasteiger partial charge in [0.2, 0.25) is 0 Å². The lowest BCUT2D eigenvalue weighted by atomic mass is 9.97. The molecule has 1 N–H and O–H groups in total. The number of nitrogens with zero attached hydrogens (tertiary/aromatic N) is 5. The number of carbonyl (C=O) groups excluding carboxylic acids is 1. The smallest absolute Gasteiger partial charge is 0.306 e. The van der Waals surface area contributed by atoms with Gasteiger partial charge in [-0.15, -0.1) is 22.7 Å². The van der Waals surface area contributed by atoms with Gasteiger partial charge in [-0.05, 0) is 45.2 Å². The monoisotopic (exact) mass is 545 g/mol. The van der Waals surface area contributed by atoms with Crippen LogP contribution in [-0.4, -0.2) is 62.4 Å².